The zero-order valence-corrected chi connectivity index (χ0v) is 13.9. The molecule has 114 valence electrons. The van der Waals surface area contributed by atoms with Gasteiger partial charge in [0.15, 0.2) is 0 Å². The highest BCUT2D eigenvalue weighted by atomic mass is 35.5. The molecule has 0 amide bonds. The summed E-state index contributed by atoms with van der Waals surface area (Å²) in [6.45, 7) is 5.94. The fraction of sp³-hybridized carbons (Fsp3) is 0.438. The van der Waals surface area contributed by atoms with E-state index in [1.54, 1.807) is 0 Å². The third kappa shape index (κ3) is 4.48. The van der Waals surface area contributed by atoms with Gasteiger partial charge in [0.2, 0.25) is 0 Å². The normalized spacial score (nSPS) is 11.1. The van der Waals surface area contributed by atoms with Crippen LogP contribution in [0.3, 0.4) is 0 Å². The summed E-state index contributed by atoms with van der Waals surface area (Å²) in [5, 5.41) is 8.43. The Hall–Kier alpha value is -1.52. The average Bonchev–Trinajstić information content (AvgIpc) is 2.82. The van der Waals surface area contributed by atoms with Crippen molar-refractivity contribution in [1.29, 1.82) is 0 Å². The Balaban J connectivity index is 2.17. The minimum atomic E-state index is 0.456. The molecule has 0 bridgehead atoms. The maximum absolute atomic E-state index is 6.17. The van der Waals surface area contributed by atoms with Crippen molar-refractivity contribution in [3.05, 3.63) is 46.7 Å². The molecular weight excluding hydrogens is 284 g/mol. The number of aromatic nitrogens is 2. The van der Waals surface area contributed by atoms with E-state index in [1.165, 1.54) is 11.1 Å². The van der Waals surface area contributed by atoms with Gasteiger partial charge in [-0.3, -0.25) is 4.68 Å². The molecule has 0 aliphatic heterocycles. The monoisotopic (exact) mass is 306 g/mol. The van der Waals surface area contributed by atoms with E-state index < -0.39 is 0 Å². The lowest BCUT2D eigenvalue weighted by Gasteiger charge is -2.23. The van der Waals surface area contributed by atoms with Crippen LogP contribution in [0.4, 0.5) is 5.69 Å². The standard InChI is InChI=1S/C16H23ClN4/c1-12(2)18-9-14-5-6-15(17)7-16(14)20(3)10-13-8-19-21(4)11-13/h5-8,11-12,18H,9-10H2,1-4H3. The number of halogens is 1. The summed E-state index contributed by atoms with van der Waals surface area (Å²) in [6.07, 6.45) is 3.93. The third-order valence-corrected chi connectivity index (χ3v) is 3.57. The molecule has 1 N–H and O–H groups in total. The zero-order chi connectivity index (χ0) is 15.4. The molecule has 2 rings (SSSR count). The van der Waals surface area contributed by atoms with Crippen LogP contribution in [-0.4, -0.2) is 22.9 Å². The molecule has 1 aromatic carbocycles. The summed E-state index contributed by atoms with van der Waals surface area (Å²) < 4.78 is 1.82. The number of hydrogen-bond acceptors (Lipinski definition) is 3. The van der Waals surface area contributed by atoms with Gasteiger partial charge in [-0.15, -0.1) is 0 Å². The topological polar surface area (TPSA) is 33.1 Å². The maximum atomic E-state index is 6.17. The van der Waals surface area contributed by atoms with Gasteiger partial charge in [-0.1, -0.05) is 31.5 Å². The Bertz CT molecular complexity index is 592. The second-order valence-corrected chi connectivity index (χ2v) is 6.12. The highest BCUT2D eigenvalue weighted by molar-refractivity contribution is 6.30. The molecule has 21 heavy (non-hydrogen) atoms. The molecule has 0 atom stereocenters. The van der Waals surface area contributed by atoms with E-state index in [-0.39, 0.29) is 0 Å². The Morgan fingerprint density at radius 3 is 2.76 bits per heavy atom. The molecule has 0 fully saturated rings. The minimum absolute atomic E-state index is 0.456. The van der Waals surface area contributed by atoms with E-state index in [0.29, 0.717) is 6.04 Å². The molecule has 0 aliphatic carbocycles. The molecule has 1 heterocycles. The third-order valence-electron chi connectivity index (χ3n) is 3.34. The number of anilines is 1. The van der Waals surface area contributed by atoms with Crippen LogP contribution in [0.25, 0.3) is 0 Å². The van der Waals surface area contributed by atoms with Crippen LogP contribution in [0, 0.1) is 0 Å². The number of benzene rings is 1. The van der Waals surface area contributed by atoms with Gasteiger partial charge in [-0.05, 0) is 17.7 Å². The predicted molar refractivity (Wildman–Crippen MR) is 88.7 cm³/mol. The van der Waals surface area contributed by atoms with Gasteiger partial charge in [0, 0.05) is 55.7 Å². The first-order chi connectivity index (χ1) is 9.95. The average molecular weight is 307 g/mol. The summed E-state index contributed by atoms with van der Waals surface area (Å²) in [5.41, 5.74) is 3.58. The lowest BCUT2D eigenvalue weighted by molar-refractivity contribution is 0.588. The van der Waals surface area contributed by atoms with Gasteiger partial charge in [-0.2, -0.15) is 5.10 Å². The minimum Gasteiger partial charge on any atom is -0.370 e. The van der Waals surface area contributed by atoms with E-state index in [9.17, 15) is 0 Å². The Labute approximate surface area is 131 Å². The second-order valence-electron chi connectivity index (χ2n) is 5.69. The summed E-state index contributed by atoms with van der Waals surface area (Å²) >= 11 is 6.17. The molecule has 0 aliphatic rings. The zero-order valence-electron chi connectivity index (χ0n) is 13.1. The molecule has 4 nitrogen and oxygen atoms in total. The van der Waals surface area contributed by atoms with Crippen molar-refractivity contribution in [2.24, 2.45) is 7.05 Å². The smallest absolute Gasteiger partial charge is 0.0539 e. The lowest BCUT2D eigenvalue weighted by Crippen LogP contribution is -2.24. The van der Waals surface area contributed by atoms with Crippen LogP contribution in [0.1, 0.15) is 25.0 Å². The molecule has 1 aromatic heterocycles. The highest BCUT2D eigenvalue weighted by Gasteiger charge is 2.10. The molecule has 0 unspecified atom stereocenters. The molecular formula is C16H23ClN4. The van der Waals surface area contributed by atoms with E-state index in [4.69, 9.17) is 11.6 Å². The molecule has 0 spiro atoms. The Morgan fingerprint density at radius 1 is 1.38 bits per heavy atom. The SMILES string of the molecule is CC(C)NCc1ccc(Cl)cc1N(C)Cc1cnn(C)c1. The van der Waals surface area contributed by atoms with Gasteiger partial charge in [0.25, 0.3) is 0 Å². The van der Waals surface area contributed by atoms with Crippen LogP contribution in [-0.2, 0) is 20.1 Å². The van der Waals surface area contributed by atoms with Crippen LogP contribution < -0.4 is 10.2 Å². The van der Waals surface area contributed by atoms with Crippen LogP contribution in [0.15, 0.2) is 30.6 Å². The first-order valence-corrected chi connectivity index (χ1v) is 7.54. The summed E-state index contributed by atoms with van der Waals surface area (Å²) in [6, 6.07) is 6.51. The fourth-order valence-corrected chi connectivity index (χ4v) is 2.43. The summed E-state index contributed by atoms with van der Waals surface area (Å²) in [7, 11) is 4.01. The number of hydrogen-bond donors (Lipinski definition) is 1. The first kappa shape index (κ1) is 15.9. The van der Waals surface area contributed by atoms with E-state index in [1.807, 2.05) is 36.3 Å². The van der Waals surface area contributed by atoms with Crippen molar-refractivity contribution >= 4 is 17.3 Å². The molecule has 0 saturated heterocycles. The fourth-order valence-electron chi connectivity index (χ4n) is 2.27. The van der Waals surface area contributed by atoms with Gasteiger partial charge < -0.3 is 10.2 Å². The maximum Gasteiger partial charge on any atom is 0.0539 e. The highest BCUT2D eigenvalue weighted by Crippen LogP contribution is 2.25. The van der Waals surface area contributed by atoms with Gasteiger partial charge in [0.05, 0.1) is 6.20 Å². The number of aryl methyl sites for hydroxylation is 1. The van der Waals surface area contributed by atoms with Crippen LogP contribution in [0.5, 0.6) is 0 Å². The van der Waals surface area contributed by atoms with Crippen LogP contribution in [0.2, 0.25) is 5.02 Å². The van der Waals surface area contributed by atoms with Crippen molar-refractivity contribution in [3.8, 4) is 0 Å². The number of nitrogens with zero attached hydrogens (tertiary/aromatic N) is 3. The van der Waals surface area contributed by atoms with Crippen molar-refractivity contribution in [1.82, 2.24) is 15.1 Å². The van der Waals surface area contributed by atoms with Gasteiger partial charge >= 0.3 is 0 Å². The molecule has 5 heteroatoms. The van der Waals surface area contributed by atoms with Crippen LogP contribution >= 0.6 is 11.6 Å². The van der Waals surface area contributed by atoms with Gasteiger partial charge in [-0.25, -0.2) is 0 Å². The van der Waals surface area contributed by atoms with E-state index in [0.717, 1.165) is 23.8 Å². The van der Waals surface area contributed by atoms with Gasteiger partial charge in [0.1, 0.15) is 0 Å². The largest absolute Gasteiger partial charge is 0.370 e. The Morgan fingerprint density at radius 2 is 2.14 bits per heavy atom. The number of rotatable bonds is 6. The summed E-state index contributed by atoms with van der Waals surface area (Å²) in [4.78, 5) is 2.21. The quantitative estimate of drug-likeness (QED) is 0.889. The summed E-state index contributed by atoms with van der Waals surface area (Å²) in [5.74, 6) is 0. The lowest BCUT2D eigenvalue weighted by atomic mass is 10.1. The Kier molecular flexibility index (Phi) is 5.26. The predicted octanol–water partition coefficient (Wildman–Crippen LogP) is 3.21. The number of nitrogens with one attached hydrogen (secondary N) is 1. The first-order valence-electron chi connectivity index (χ1n) is 7.16. The second kappa shape index (κ2) is 6.96. The van der Waals surface area contributed by atoms with Crippen molar-refractivity contribution in [2.75, 3.05) is 11.9 Å². The van der Waals surface area contributed by atoms with E-state index in [2.05, 4.69) is 42.3 Å². The molecule has 2 aromatic rings. The van der Waals surface area contributed by atoms with E-state index >= 15 is 0 Å². The van der Waals surface area contributed by atoms with Crippen molar-refractivity contribution in [3.63, 3.8) is 0 Å². The molecule has 0 saturated carbocycles. The van der Waals surface area contributed by atoms with Crippen molar-refractivity contribution < 1.29 is 0 Å². The van der Waals surface area contributed by atoms with Crippen molar-refractivity contribution in [2.45, 2.75) is 33.0 Å². The molecule has 0 radical (unpaired) electrons.